The molecular formula is C10H13N3. The number of hydrogen-bond acceptors (Lipinski definition) is 2. The van der Waals surface area contributed by atoms with Gasteiger partial charge in [-0.2, -0.15) is 5.10 Å². The van der Waals surface area contributed by atoms with Crippen LogP contribution in [0.2, 0.25) is 0 Å². The summed E-state index contributed by atoms with van der Waals surface area (Å²) >= 11 is 0. The highest BCUT2D eigenvalue weighted by molar-refractivity contribution is 5.81. The Bertz CT molecular complexity index is 429. The molecule has 3 nitrogen and oxygen atoms in total. The van der Waals surface area contributed by atoms with Crippen molar-refractivity contribution < 1.29 is 0 Å². The smallest absolute Gasteiger partial charge is 0.0744 e. The molecule has 0 bridgehead atoms. The summed E-state index contributed by atoms with van der Waals surface area (Å²) in [6, 6.07) is 1.99. The molecule has 0 spiro atoms. The van der Waals surface area contributed by atoms with E-state index in [9.17, 15) is 0 Å². The Morgan fingerprint density at radius 2 is 2.15 bits per heavy atom. The van der Waals surface area contributed by atoms with E-state index in [1.54, 1.807) is 6.20 Å². The molecule has 0 saturated heterocycles. The van der Waals surface area contributed by atoms with Crippen molar-refractivity contribution in [2.45, 2.75) is 19.8 Å². The molecule has 0 amide bonds. The zero-order valence-corrected chi connectivity index (χ0v) is 8.15. The fraction of sp³-hybridized carbons (Fsp3) is 0.400. The molecule has 0 aromatic carbocycles. The lowest BCUT2D eigenvalue weighted by molar-refractivity contribution is 0.729. The van der Waals surface area contributed by atoms with E-state index in [0.717, 1.165) is 11.2 Å². The molecule has 0 aliphatic rings. The van der Waals surface area contributed by atoms with Crippen LogP contribution in [-0.4, -0.2) is 14.8 Å². The number of aryl methyl sites for hydroxylation is 1. The molecule has 3 heteroatoms. The molecule has 0 atom stereocenters. The zero-order chi connectivity index (χ0) is 9.42. The summed E-state index contributed by atoms with van der Waals surface area (Å²) in [5.41, 5.74) is 2.28. The molecule has 13 heavy (non-hydrogen) atoms. The summed E-state index contributed by atoms with van der Waals surface area (Å²) in [5.74, 6) is 0.452. The molecule has 0 N–H and O–H groups in total. The number of fused-ring (bicyclic) bond motifs is 1. The third kappa shape index (κ3) is 1.20. The van der Waals surface area contributed by atoms with Crippen molar-refractivity contribution in [3.05, 3.63) is 24.2 Å². The predicted octanol–water partition coefficient (Wildman–Crippen LogP) is 2.09. The van der Waals surface area contributed by atoms with Crippen molar-refractivity contribution in [2.24, 2.45) is 7.05 Å². The van der Waals surface area contributed by atoms with Crippen LogP contribution in [0.25, 0.3) is 10.9 Å². The van der Waals surface area contributed by atoms with E-state index in [0.29, 0.717) is 5.92 Å². The van der Waals surface area contributed by atoms with Crippen molar-refractivity contribution in [2.75, 3.05) is 0 Å². The van der Waals surface area contributed by atoms with Gasteiger partial charge in [0.15, 0.2) is 0 Å². The molecule has 2 aromatic rings. The molecule has 68 valence electrons. The first-order valence-corrected chi connectivity index (χ1v) is 4.46. The van der Waals surface area contributed by atoms with Gasteiger partial charge in [0.2, 0.25) is 0 Å². The Hall–Kier alpha value is -1.38. The molecule has 2 aromatic heterocycles. The van der Waals surface area contributed by atoms with Gasteiger partial charge in [-0.3, -0.25) is 9.67 Å². The lowest BCUT2D eigenvalue weighted by Crippen LogP contribution is -1.92. The second-order valence-corrected chi connectivity index (χ2v) is 3.56. The quantitative estimate of drug-likeness (QED) is 0.664. The maximum atomic E-state index is 4.47. The van der Waals surface area contributed by atoms with E-state index in [2.05, 4.69) is 23.9 Å². The largest absolute Gasteiger partial charge is 0.268 e. The van der Waals surface area contributed by atoms with Crippen molar-refractivity contribution in [1.29, 1.82) is 0 Å². The third-order valence-corrected chi connectivity index (χ3v) is 2.23. The molecule has 0 aliphatic carbocycles. The van der Waals surface area contributed by atoms with Crippen LogP contribution in [0.3, 0.4) is 0 Å². The van der Waals surface area contributed by atoms with Crippen molar-refractivity contribution in [3.63, 3.8) is 0 Å². The first kappa shape index (κ1) is 8.23. The maximum absolute atomic E-state index is 4.47. The van der Waals surface area contributed by atoms with Gasteiger partial charge in [-0.15, -0.1) is 0 Å². The Labute approximate surface area is 77.4 Å². The average Bonchev–Trinajstić information content (AvgIpc) is 2.45. The van der Waals surface area contributed by atoms with Crippen LogP contribution >= 0.6 is 0 Å². The second-order valence-electron chi connectivity index (χ2n) is 3.56. The summed E-state index contributed by atoms with van der Waals surface area (Å²) in [4.78, 5) is 4.12. The summed E-state index contributed by atoms with van der Waals surface area (Å²) in [5, 5.41) is 5.63. The predicted molar refractivity (Wildman–Crippen MR) is 52.6 cm³/mol. The van der Waals surface area contributed by atoms with Crippen LogP contribution < -0.4 is 0 Å². The molecular weight excluding hydrogens is 162 g/mol. The van der Waals surface area contributed by atoms with Gasteiger partial charge in [-0.05, 0) is 12.0 Å². The minimum atomic E-state index is 0.452. The molecule has 0 fully saturated rings. The van der Waals surface area contributed by atoms with Gasteiger partial charge >= 0.3 is 0 Å². The Kier molecular flexibility index (Phi) is 1.79. The highest BCUT2D eigenvalue weighted by atomic mass is 15.3. The van der Waals surface area contributed by atoms with Crippen LogP contribution in [0.4, 0.5) is 0 Å². The zero-order valence-electron chi connectivity index (χ0n) is 8.15. The van der Waals surface area contributed by atoms with Gasteiger partial charge in [0.1, 0.15) is 0 Å². The summed E-state index contributed by atoms with van der Waals surface area (Å²) < 4.78 is 1.91. The summed E-state index contributed by atoms with van der Waals surface area (Å²) in [7, 11) is 1.97. The minimum absolute atomic E-state index is 0.452. The van der Waals surface area contributed by atoms with E-state index in [1.807, 2.05) is 24.0 Å². The molecule has 0 aliphatic heterocycles. The molecule has 0 radical (unpaired) electrons. The van der Waals surface area contributed by atoms with Gasteiger partial charge in [0.05, 0.1) is 11.2 Å². The van der Waals surface area contributed by atoms with Crippen LogP contribution in [0.15, 0.2) is 18.5 Å². The normalized spacial score (nSPS) is 11.4. The van der Waals surface area contributed by atoms with Gasteiger partial charge < -0.3 is 0 Å². The number of nitrogens with zero attached hydrogens (tertiary/aromatic N) is 3. The topological polar surface area (TPSA) is 30.7 Å². The number of rotatable bonds is 1. The van der Waals surface area contributed by atoms with Crippen LogP contribution in [0.5, 0.6) is 0 Å². The van der Waals surface area contributed by atoms with Gasteiger partial charge in [0.25, 0.3) is 0 Å². The number of aromatic nitrogens is 3. The molecule has 2 rings (SSSR count). The molecule has 2 heterocycles. The van der Waals surface area contributed by atoms with E-state index < -0.39 is 0 Å². The van der Waals surface area contributed by atoms with Crippen molar-refractivity contribution >= 4 is 10.9 Å². The van der Waals surface area contributed by atoms with Crippen LogP contribution in [0, 0.1) is 0 Å². The lowest BCUT2D eigenvalue weighted by atomic mass is 10.1. The fourth-order valence-electron chi connectivity index (χ4n) is 1.56. The Balaban J connectivity index is 2.78. The second kappa shape index (κ2) is 2.83. The monoisotopic (exact) mass is 175 g/mol. The third-order valence-electron chi connectivity index (χ3n) is 2.23. The first-order chi connectivity index (χ1) is 6.20. The summed E-state index contributed by atoms with van der Waals surface area (Å²) in [6.07, 6.45) is 3.69. The van der Waals surface area contributed by atoms with E-state index in [1.165, 1.54) is 5.39 Å². The van der Waals surface area contributed by atoms with Gasteiger partial charge in [0, 0.05) is 24.8 Å². The highest BCUT2D eigenvalue weighted by Gasteiger charge is 2.10. The van der Waals surface area contributed by atoms with E-state index in [4.69, 9.17) is 0 Å². The number of pyridine rings is 1. The average molecular weight is 175 g/mol. The van der Waals surface area contributed by atoms with E-state index in [-0.39, 0.29) is 0 Å². The molecule has 0 unspecified atom stereocenters. The highest BCUT2D eigenvalue weighted by Crippen LogP contribution is 2.22. The Morgan fingerprint density at radius 3 is 2.85 bits per heavy atom. The van der Waals surface area contributed by atoms with Crippen molar-refractivity contribution in [3.8, 4) is 0 Å². The van der Waals surface area contributed by atoms with Crippen LogP contribution in [0.1, 0.15) is 25.5 Å². The maximum Gasteiger partial charge on any atom is 0.0744 e. The summed E-state index contributed by atoms with van der Waals surface area (Å²) in [6.45, 7) is 4.30. The van der Waals surface area contributed by atoms with Gasteiger partial charge in [-0.25, -0.2) is 0 Å². The Morgan fingerprint density at radius 1 is 1.38 bits per heavy atom. The van der Waals surface area contributed by atoms with Gasteiger partial charge in [-0.1, -0.05) is 13.8 Å². The lowest BCUT2D eigenvalue weighted by Gasteiger charge is -1.98. The first-order valence-electron chi connectivity index (χ1n) is 4.46. The van der Waals surface area contributed by atoms with E-state index >= 15 is 0 Å². The minimum Gasteiger partial charge on any atom is -0.268 e. The SMILES string of the molecule is CC(C)c1nn(C)c2ccncc12. The van der Waals surface area contributed by atoms with Crippen LogP contribution in [-0.2, 0) is 7.05 Å². The fourth-order valence-corrected chi connectivity index (χ4v) is 1.56. The standard InChI is InChI=1S/C10H13N3/c1-7(2)10-8-6-11-5-4-9(8)13(3)12-10/h4-7H,1-3H3. The molecule has 0 saturated carbocycles. The van der Waals surface area contributed by atoms with Crippen molar-refractivity contribution in [1.82, 2.24) is 14.8 Å². The number of hydrogen-bond donors (Lipinski definition) is 0.